The van der Waals surface area contributed by atoms with Crippen LogP contribution in [0.1, 0.15) is 36.8 Å². The zero-order chi connectivity index (χ0) is 23.6. The number of anilines is 2. The van der Waals surface area contributed by atoms with E-state index in [4.69, 9.17) is 23.2 Å². The summed E-state index contributed by atoms with van der Waals surface area (Å²) in [5.41, 5.74) is 2.01. The highest BCUT2D eigenvalue weighted by molar-refractivity contribution is 7.92. The predicted molar refractivity (Wildman–Crippen MR) is 130 cm³/mol. The zero-order valence-electron chi connectivity index (χ0n) is 18.2. The SMILES string of the molecule is O=S1(=O)CC(N2CC[C@H](c3cc4nc(Nc5cnn(C6CC6)c5Cl)ncc4cc3Cl)[C@@H](F)C2)C1. The Bertz CT molecular complexity index is 1370. The molecule has 0 amide bonds. The monoisotopic (exact) mass is 524 g/mol. The molecule has 3 aromatic rings. The van der Waals surface area contributed by atoms with Crippen molar-refractivity contribution in [3.8, 4) is 0 Å². The molecule has 6 rings (SSSR count). The molecule has 12 heteroatoms. The minimum atomic E-state index is -2.94. The number of piperidine rings is 1. The number of hydrogen-bond donors (Lipinski definition) is 1. The molecule has 2 atom stereocenters. The van der Waals surface area contributed by atoms with Crippen LogP contribution in [0.5, 0.6) is 0 Å². The van der Waals surface area contributed by atoms with Crippen molar-refractivity contribution in [3.63, 3.8) is 0 Å². The van der Waals surface area contributed by atoms with E-state index in [0.717, 1.165) is 18.2 Å². The van der Waals surface area contributed by atoms with E-state index in [2.05, 4.69) is 20.4 Å². The van der Waals surface area contributed by atoms with Gasteiger partial charge in [0.25, 0.3) is 0 Å². The summed E-state index contributed by atoms with van der Waals surface area (Å²) in [4.78, 5) is 10.9. The van der Waals surface area contributed by atoms with E-state index in [1.807, 2.05) is 11.0 Å². The number of sulfone groups is 1. The smallest absolute Gasteiger partial charge is 0.227 e. The molecule has 2 aliphatic heterocycles. The van der Waals surface area contributed by atoms with Gasteiger partial charge in [-0.25, -0.2) is 27.5 Å². The van der Waals surface area contributed by atoms with E-state index < -0.39 is 16.0 Å². The van der Waals surface area contributed by atoms with E-state index in [-0.39, 0.29) is 30.0 Å². The third kappa shape index (κ3) is 4.14. The lowest BCUT2D eigenvalue weighted by atomic mass is 9.87. The van der Waals surface area contributed by atoms with Crippen LogP contribution in [-0.2, 0) is 9.84 Å². The summed E-state index contributed by atoms with van der Waals surface area (Å²) in [7, 11) is -2.94. The average Bonchev–Trinajstić information content (AvgIpc) is 3.56. The molecule has 8 nitrogen and oxygen atoms in total. The van der Waals surface area contributed by atoms with Crippen LogP contribution in [0.2, 0.25) is 10.2 Å². The lowest BCUT2D eigenvalue weighted by Crippen LogP contribution is -2.57. The van der Waals surface area contributed by atoms with Gasteiger partial charge in [0.15, 0.2) is 15.0 Å². The number of nitrogens with zero attached hydrogens (tertiary/aromatic N) is 5. The maximum atomic E-state index is 15.2. The fraction of sp³-hybridized carbons (Fsp3) is 0.500. The van der Waals surface area contributed by atoms with E-state index in [0.29, 0.717) is 51.9 Å². The molecule has 0 radical (unpaired) electrons. The fourth-order valence-electron chi connectivity index (χ4n) is 4.90. The summed E-state index contributed by atoms with van der Waals surface area (Å²) in [5, 5.41) is 9.23. The van der Waals surface area contributed by atoms with Crippen LogP contribution in [0.15, 0.2) is 24.5 Å². The first-order valence-corrected chi connectivity index (χ1v) is 13.9. The Morgan fingerprint density at radius 2 is 1.88 bits per heavy atom. The Kier molecular flexibility index (Phi) is 5.47. The Balaban J connectivity index is 1.22. The maximum Gasteiger partial charge on any atom is 0.227 e. The van der Waals surface area contributed by atoms with Gasteiger partial charge in [-0.1, -0.05) is 23.2 Å². The molecule has 3 fully saturated rings. The second kappa shape index (κ2) is 8.29. The largest absolute Gasteiger partial charge is 0.320 e. The molecule has 1 N–H and O–H groups in total. The summed E-state index contributed by atoms with van der Waals surface area (Å²) in [6.45, 7) is 0.846. The normalized spacial score (nSPS) is 25.4. The van der Waals surface area contributed by atoms with Crippen molar-refractivity contribution < 1.29 is 12.8 Å². The first-order valence-electron chi connectivity index (χ1n) is 11.3. The average molecular weight is 525 g/mol. The molecule has 1 saturated carbocycles. The van der Waals surface area contributed by atoms with Gasteiger partial charge in [-0.05, 0) is 43.5 Å². The molecule has 1 aromatic carbocycles. The van der Waals surface area contributed by atoms with Crippen LogP contribution in [-0.4, -0.2) is 69.9 Å². The van der Waals surface area contributed by atoms with Gasteiger partial charge in [0.05, 0.1) is 34.9 Å². The number of aromatic nitrogens is 4. The molecule has 1 aliphatic carbocycles. The predicted octanol–water partition coefficient (Wildman–Crippen LogP) is 4.14. The molecular formula is C22H23Cl2FN6O2S. The number of likely N-dealkylation sites (tertiary alicyclic amines) is 1. The molecular weight excluding hydrogens is 502 g/mol. The van der Waals surface area contributed by atoms with Crippen molar-refractivity contribution in [1.82, 2.24) is 24.6 Å². The van der Waals surface area contributed by atoms with Crippen LogP contribution in [0.25, 0.3) is 10.9 Å². The van der Waals surface area contributed by atoms with Crippen LogP contribution in [0.4, 0.5) is 16.0 Å². The van der Waals surface area contributed by atoms with Crippen molar-refractivity contribution in [1.29, 1.82) is 0 Å². The summed E-state index contributed by atoms with van der Waals surface area (Å²) >= 11 is 13.0. The van der Waals surface area contributed by atoms with E-state index in [9.17, 15) is 8.42 Å². The quantitative estimate of drug-likeness (QED) is 0.536. The fourth-order valence-corrected chi connectivity index (χ4v) is 6.98. The van der Waals surface area contributed by atoms with Gasteiger partial charge in [0, 0.05) is 35.1 Å². The van der Waals surface area contributed by atoms with Crippen LogP contribution >= 0.6 is 23.2 Å². The molecule has 2 saturated heterocycles. The molecule has 4 heterocycles. The van der Waals surface area contributed by atoms with Gasteiger partial charge in [-0.2, -0.15) is 5.10 Å². The number of fused-ring (bicyclic) bond motifs is 1. The van der Waals surface area contributed by atoms with Crippen molar-refractivity contribution in [3.05, 3.63) is 40.3 Å². The molecule has 2 aromatic heterocycles. The van der Waals surface area contributed by atoms with Gasteiger partial charge in [0.2, 0.25) is 5.95 Å². The molecule has 180 valence electrons. The van der Waals surface area contributed by atoms with Gasteiger partial charge in [0.1, 0.15) is 6.17 Å². The highest BCUT2D eigenvalue weighted by atomic mass is 35.5. The third-order valence-electron chi connectivity index (χ3n) is 6.95. The second-order valence-electron chi connectivity index (χ2n) is 9.41. The van der Waals surface area contributed by atoms with Gasteiger partial charge < -0.3 is 5.32 Å². The highest BCUT2D eigenvalue weighted by Gasteiger charge is 2.42. The molecule has 0 bridgehead atoms. The first-order chi connectivity index (χ1) is 16.3. The van der Waals surface area contributed by atoms with Gasteiger partial charge >= 0.3 is 0 Å². The molecule has 34 heavy (non-hydrogen) atoms. The number of nitrogens with one attached hydrogen (secondary N) is 1. The van der Waals surface area contributed by atoms with E-state index >= 15 is 4.39 Å². The molecule has 3 aliphatic rings. The zero-order valence-corrected chi connectivity index (χ0v) is 20.5. The lowest BCUT2D eigenvalue weighted by molar-refractivity contribution is 0.0912. The summed E-state index contributed by atoms with van der Waals surface area (Å²) < 4.78 is 40.1. The van der Waals surface area contributed by atoms with Gasteiger partial charge in [-0.15, -0.1) is 0 Å². The molecule has 0 spiro atoms. The first kappa shape index (κ1) is 22.5. The van der Waals surface area contributed by atoms with Crippen LogP contribution < -0.4 is 5.32 Å². The minimum Gasteiger partial charge on any atom is -0.320 e. The Morgan fingerprint density at radius 1 is 1.09 bits per heavy atom. The standard InChI is InChI=1S/C22H23Cl2FN6O2S/c23-17-5-12-7-26-22(29-20-8-27-31(21(20)24)13-1-2-13)28-19(12)6-16(17)15-3-4-30(9-18(15)25)14-10-34(32,33)11-14/h5-8,13-15,18H,1-4,9-11H2,(H,26,28,29)/t15-,18+/m1/s1. The van der Waals surface area contributed by atoms with Crippen LogP contribution in [0, 0.1) is 0 Å². The van der Waals surface area contributed by atoms with Crippen molar-refractivity contribution >= 4 is 55.6 Å². The highest BCUT2D eigenvalue weighted by Crippen LogP contribution is 2.40. The minimum absolute atomic E-state index is 0.0752. The summed E-state index contributed by atoms with van der Waals surface area (Å²) in [6, 6.07) is 3.89. The Morgan fingerprint density at radius 3 is 2.59 bits per heavy atom. The topological polar surface area (TPSA) is 93.0 Å². The summed E-state index contributed by atoms with van der Waals surface area (Å²) in [5.74, 6) is 0.243. The molecule has 0 unspecified atom stereocenters. The van der Waals surface area contributed by atoms with Crippen molar-refractivity contribution in [2.24, 2.45) is 0 Å². The number of rotatable bonds is 5. The number of benzene rings is 1. The number of halogens is 3. The second-order valence-corrected chi connectivity index (χ2v) is 12.3. The van der Waals surface area contributed by atoms with Crippen molar-refractivity contribution in [2.75, 3.05) is 29.9 Å². The summed E-state index contributed by atoms with van der Waals surface area (Å²) in [6.07, 6.45) is 4.91. The van der Waals surface area contributed by atoms with E-state index in [1.54, 1.807) is 23.1 Å². The van der Waals surface area contributed by atoms with Crippen molar-refractivity contribution in [2.45, 2.75) is 43.4 Å². The Labute approximate surface area is 206 Å². The van der Waals surface area contributed by atoms with E-state index in [1.165, 1.54) is 0 Å². The lowest BCUT2D eigenvalue weighted by Gasteiger charge is -2.42. The number of alkyl halides is 1. The van der Waals surface area contributed by atoms with Crippen LogP contribution in [0.3, 0.4) is 0 Å². The number of hydrogen-bond acceptors (Lipinski definition) is 7. The Hall–Kier alpha value is -2.01. The third-order valence-corrected chi connectivity index (χ3v) is 9.44. The maximum absolute atomic E-state index is 15.2. The van der Waals surface area contributed by atoms with Gasteiger partial charge in [-0.3, -0.25) is 4.90 Å².